The lowest BCUT2D eigenvalue weighted by molar-refractivity contribution is -0.171. The molecule has 3 amide bonds. The molecule has 2 aromatic carbocycles. The van der Waals surface area contributed by atoms with Crippen LogP contribution in [0.3, 0.4) is 0 Å². The van der Waals surface area contributed by atoms with E-state index in [1.54, 1.807) is 19.1 Å². The fourth-order valence-electron chi connectivity index (χ4n) is 5.57. The fraction of sp³-hybridized carbons (Fsp3) is 0.483. The van der Waals surface area contributed by atoms with Crippen LogP contribution < -0.4 is 5.73 Å². The average Bonchev–Trinajstić information content (AvgIpc) is 2.94. The molecule has 0 radical (unpaired) electrons. The van der Waals surface area contributed by atoms with Crippen molar-refractivity contribution in [2.75, 3.05) is 13.1 Å². The predicted molar refractivity (Wildman–Crippen MR) is 142 cm³/mol. The van der Waals surface area contributed by atoms with Crippen molar-refractivity contribution < 1.29 is 45.5 Å². The summed E-state index contributed by atoms with van der Waals surface area (Å²) in [6, 6.07) is 8.45. The quantitative estimate of drug-likeness (QED) is 0.328. The van der Waals surface area contributed by atoms with Gasteiger partial charge in [-0.05, 0) is 55.6 Å². The van der Waals surface area contributed by atoms with Crippen LogP contribution in [0.1, 0.15) is 54.9 Å². The highest BCUT2D eigenvalue weighted by molar-refractivity contribution is 5.90. The molecule has 2 N–H and O–H groups in total. The van der Waals surface area contributed by atoms with Crippen molar-refractivity contribution in [3.8, 4) is 0 Å². The standard InChI is InChI=1S/C29H32F6N4O4/c1-18-26(41)37(15-19-7-3-2-4-8-19)16-24-38(18)25(40)14-23(9-5-6-10-36)39(24)27(42)43-17-20-11-21(28(30,31)32)13-22(12-20)29(33,34)35/h2-4,7-8,11-13,18,23-24H,5-6,9-10,14-17,36H2,1H3/t18-,23?,24?/m0/s1. The summed E-state index contributed by atoms with van der Waals surface area (Å²) in [7, 11) is 0. The Labute approximate surface area is 244 Å². The van der Waals surface area contributed by atoms with Gasteiger partial charge in [-0.1, -0.05) is 36.8 Å². The summed E-state index contributed by atoms with van der Waals surface area (Å²) in [4.78, 5) is 44.2. The molecule has 0 bridgehead atoms. The van der Waals surface area contributed by atoms with Crippen LogP contribution in [0, 0.1) is 0 Å². The normalized spacial score (nSPS) is 21.2. The van der Waals surface area contributed by atoms with E-state index in [9.17, 15) is 40.7 Å². The molecule has 3 atom stereocenters. The number of ether oxygens (including phenoxy) is 1. The molecule has 2 aromatic rings. The van der Waals surface area contributed by atoms with E-state index in [1.165, 1.54) is 14.7 Å². The first-order chi connectivity index (χ1) is 20.2. The zero-order valence-electron chi connectivity index (χ0n) is 23.3. The molecule has 0 aromatic heterocycles. The van der Waals surface area contributed by atoms with Crippen LogP contribution in [-0.4, -0.2) is 63.9 Å². The van der Waals surface area contributed by atoms with Gasteiger partial charge in [0, 0.05) is 19.0 Å². The topological polar surface area (TPSA) is 96.2 Å². The SMILES string of the molecule is C[C@H]1C(=O)N(Cc2ccccc2)CC2N(C(=O)OCc3cc(C(F)(F)F)cc(C(F)(F)F)c3)C(CCCCN)CC(=O)N21. The lowest BCUT2D eigenvalue weighted by atomic mass is 9.96. The van der Waals surface area contributed by atoms with Gasteiger partial charge in [0.1, 0.15) is 18.8 Å². The minimum Gasteiger partial charge on any atom is -0.444 e. The molecule has 4 rings (SSSR count). The number of amides is 3. The highest BCUT2D eigenvalue weighted by atomic mass is 19.4. The first-order valence-electron chi connectivity index (χ1n) is 13.8. The number of hydrogen-bond donors (Lipinski definition) is 1. The number of alkyl halides is 6. The van der Waals surface area contributed by atoms with Gasteiger partial charge in [0.2, 0.25) is 11.8 Å². The molecule has 2 heterocycles. The van der Waals surface area contributed by atoms with Gasteiger partial charge in [0.05, 0.1) is 17.7 Å². The Bertz CT molecular complexity index is 1290. The Morgan fingerprint density at radius 1 is 0.953 bits per heavy atom. The van der Waals surface area contributed by atoms with E-state index in [2.05, 4.69) is 0 Å². The van der Waals surface area contributed by atoms with Crippen LogP contribution in [0.15, 0.2) is 48.5 Å². The van der Waals surface area contributed by atoms with E-state index in [1.807, 2.05) is 18.2 Å². The molecule has 8 nitrogen and oxygen atoms in total. The third kappa shape index (κ3) is 7.40. The highest BCUT2D eigenvalue weighted by Crippen LogP contribution is 2.37. The smallest absolute Gasteiger partial charge is 0.416 e. The second-order valence-electron chi connectivity index (χ2n) is 10.7. The number of halogens is 6. The van der Waals surface area contributed by atoms with E-state index in [4.69, 9.17) is 10.5 Å². The van der Waals surface area contributed by atoms with Gasteiger partial charge in [0.25, 0.3) is 0 Å². The Morgan fingerprint density at radius 2 is 1.58 bits per heavy atom. The maximum Gasteiger partial charge on any atom is 0.416 e. The Hall–Kier alpha value is -3.81. The van der Waals surface area contributed by atoms with Gasteiger partial charge in [-0.15, -0.1) is 0 Å². The highest BCUT2D eigenvalue weighted by Gasteiger charge is 2.50. The number of fused-ring (bicyclic) bond motifs is 1. The van der Waals surface area contributed by atoms with E-state index in [-0.39, 0.29) is 37.4 Å². The largest absolute Gasteiger partial charge is 0.444 e. The van der Waals surface area contributed by atoms with Crippen LogP contribution in [0.4, 0.5) is 31.1 Å². The van der Waals surface area contributed by atoms with Gasteiger partial charge in [0.15, 0.2) is 0 Å². The summed E-state index contributed by atoms with van der Waals surface area (Å²) in [5.74, 6) is -0.674. The fourth-order valence-corrected chi connectivity index (χ4v) is 5.57. The van der Waals surface area contributed by atoms with Crippen molar-refractivity contribution in [3.63, 3.8) is 0 Å². The number of nitrogens with two attached hydrogens (primary N) is 1. The summed E-state index contributed by atoms with van der Waals surface area (Å²) in [6.07, 6.45) is -10.7. The van der Waals surface area contributed by atoms with E-state index < -0.39 is 60.0 Å². The van der Waals surface area contributed by atoms with E-state index >= 15 is 0 Å². The number of nitrogens with zero attached hydrogens (tertiary/aromatic N) is 3. The van der Waals surface area contributed by atoms with Crippen molar-refractivity contribution in [2.45, 2.75) is 76.4 Å². The van der Waals surface area contributed by atoms with Crippen LogP contribution in [0.25, 0.3) is 0 Å². The Balaban J connectivity index is 1.63. The van der Waals surface area contributed by atoms with Gasteiger partial charge in [-0.2, -0.15) is 26.3 Å². The van der Waals surface area contributed by atoms with Gasteiger partial charge >= 0.3 is 18.4 Å². The number of carbonyl (C=O) groups is 3. The number of rotatable bonds is 8. The van der Waals surface area contributed by atoms with Crippen molar-refractivity contribution in [1.82, 2.24) is 14.7 Å². The molecule has 2 aliphatic heterocycles. The second-order valence-corrected chi connectivity index (χ2v) is 10.7. The van der Waals surface area contributed by atoms with Crippen LogP contribution >= 0.6 is 0 Å². The third-order valence-corrected chi connectivity index (χ3v) is 7.63. The molecule has 2 aliphatic rings. The Morgan fingerprint density at radius 3 is 2.16 bits per heavy atom. The minimum atomic E-state index is -5.06. The predicted octanol–water partition coefficient (Wildman–Crippen LogP) is 5.15. The van der Waals surface area contributed by atoms with Crippen molar-refractivity contribution in [1.29, 1.82) is 0 Å². The molecular weight excluding hydrogens is 582 g/mol. The number of carbonyl (C=O) groups excluding carboxylic acids is 3. The van der Waals surface area contributed by atoms with Gasteiger partial charge < -0.3 is 20.3 Å². The summed E-state index contributed by atoms with van der Waals surface area (Å²) in [6.45, 7) is 1.18. The van der Waals surface area contributed by atoms with Crippen molar-refractivity contribution >= 4 is 17.9 Å². The molecule has 0 aliphatic carbocycles. The third-order valence-electron chi connectivity index (χ3n) is 7.63. The number of unbranched alkanes of at least 4 members (excludes halogenated alkanes) is 1. The first kappa shape index (κ1) is 32.1. The molecule has 14 heteroatoms. The molecule has 2 fully saturated rings. The number of piperazine rings is 1. The lowest BCUT2D eigenvalue weighted by Gasteiger charge is -2.53. The molecule has 0 saturated carbocycles. The maximum absolute atomic E-state index is 13.6. The minimum absolute atomic E-state index is 0.00529. The molecule has 234 valence electrons. The van der Waals surface area contributed by atoms with Crippen LogP contribution in [0.2, 0.25) is 0 Å². The first-order valence-corrected chi connectivity index (χ1v) is 13.8. The zero-order chi connectivity index (χ0) is 31.5. The molecular formula is C29H32F6N4O4. The summed E-state index contributed by atoms with van der Waals surface area (Å²) < 4.78 is 85.4. The van der Waals surface area contributed by atoms with Crippen LogP contribution in [0.5, 0.6) is 0 Å². The van der Waals surface area contributed by atoms with E-state index in [0.29, 0.717) is 37.9 Å². The summed E-state index contributed by atoms with van der Waals surface area (Å²) >= 11 is 0. The summed E-state index contributed by atoms with van der Waals surface area (Å²) in [5.41, 5.74) is 2.87. The monoisotopic (exact) mass is 614 g/mol. The number of hydrogen-bond acceptors (Lipinski definition) is 5. The maximum atomic E-state index is 13.6. The number of benzene rings is 2. The van der Waals surface area contributed by atoms with Gasteiger partial charge in [-0.25, -0.2) is 4.79 Å². The van der Waals surface area contributed by atoms with E-state index in [0.717, 1.165) is 5.56 Å². The zero-order valence-corrected chi connectivity index (χ0v) is 23.3. The van der Waals surface area contributed by atoms with Crippen LogP contribution in [-0.2, 0) is 39.8 Å². The molecule has 0 spiro atoms. The van der Waals surface area contributed by atoms with Gasteiger partial charge in [-0.3, -0.25) is 14.5 Å². The van der Waals surface area contributed by atoms with Crippen molar-refractivity contribution in [2.24, 2.45) is 5.73 Å². The van der Waals surface area contributed by atoms with Crippen molar-refractivity contribution in [3.05, 3.63) is 70.8 Å². The molecule has 2 saturated heterocycles. The molecule has 43 heavy (non-hydrogen) atoms. The average molecular weight is 615 g/mol. The Kier molecular flexibility index (Phi) is 9.57. The summed E-state index contributed by atoms with van der Waals surface area (Å²) in [5, 5.41) is 0. The molecule has 2 unspecified atom stereocenters. The lowest BCUT2D eigenvalue weighted by Crippen LogP contribution is -2.72. The second kappa shape index (κ2) is 12.8.